The van der Waals surface area contributed by atoms with E-state index in [2.05, 4.69) is 5.32 Å². The van der Waals surface area contributed by atoms with Crippen LogP contribution in [0.3, 0.4) is 0 Å². The number of hydrogen-bond acceptors (Lipinski definition) is 5. The zero-order chi connectivity index (χ0) is 15.7. The Hall–Kier alpha value is -1.51. The van der Waals surface area contributed by atoms with Crippen molar-refractivity contribution in [2.24, 2.45) is 0 Å². The molecule has 8 heteroatoms. The molecule has 1 aliphatic heterocycles. The predicted molar refractivity (Wildman–Crippen MR) is 81.0 cm³/mol. The summed E-state index contributed by atoms with van der Waals surface area (Å²) in [5, 5.41) is 14.5. The van der Waals surface area contributed by atoms with Crippen LogP contribution in [0, 0.1) is 10.1 Å². The number of benzene rings is 1. The SMILES string of the molecule is O=[N+]([O-])c1ccccc1S(=O)(=O)N1CCNC2CCCCC21. The van der Waals surface area contributed by atoms with E-state index in [1.165, 1.54) is 28.6 Å². The van der Waals surface area contributed by atoms with Crippen LogP contribution < -0.4 is 5.32 Å². The minimum atomic E-state index is -3.86. The van der Waals surface area contributed by atoms with Crippen molar-refractivity contribution in [1.82, 2.24) is 9.62 Å². The highest BCUT2D eigenvalue weighted by molar-refractivity contribution is 7.89. The Kier molecular flexibility index (Phi) is 4.16. The van der Waals surface area contributed by atoms with Crippen LogP contribution >= 0.6 is 0 Å². The van der Waals surface area contributed by atoms with Crippen LogP contribution in [0.2, 0.25) is 0 Å². The molecule has 22 heavy (non-hydrogen) atoms. The average molecular weight is 325 g/mol. The minimum Gasteiger partial charge on any atom is -0.311 e. The topological polar surface area (TPSA) is 92.5 Å². The van der Waals surface area contributed by atoms with Gasteiger partial charge in [0.1, 0.15) is 0 Å². The zero-order valence-corrected chi connectivity index (χ0v) is 13.0. The molecule has 1 aromatic carbocycles. The van der Waals surface area contributed by atoms with Crippen molar-refractivity contribution >= 4 is 15.7 Å². The molecule has 3 rings (SSSR count). The number of sulfonamides is 1. The van der Waals surface area contributed by atoms with E-state index in [-0.39, 0.29) is 22.7 Å². The Morgan fingerprint density at radius 3 is 2.73 bits per heavy atom. The number of rotatable bonds is 3. The first kappa shape index (κ1) is 15.4. The molecular formula is C14H19N3O4S. The van der Waals surface area contributed by atoms with Crippen molar-refractivity contribution < 1.29 is 13.3 Å². The Labute approximate surface area is 129 Å². The Morgan fingerprint density at radius 2 is 1.95 bits per heavy atom. The van der Waals surface area contributed by atoms with Gasteiger partial charge in [-0.2, -0.15) is 4.31 Å². The summed E-state index contributed by atoms with van der Waals surface area (Å²) in [5.74, 6) is 0. The highest BCUT2D eigenvalue weighted by Gasteiger charge is 2.41. The lowest BCUT2D eigenvalue weighted by molar-refractivity contribution is -0.387. The van der Waals surface area contributed by atoms with E-state index in [1.807, 2.05) is 0 Å². The summed E-state index contributed by atoms with van der Waals surface area (Å²) in [6.07, 6.45) is 3.84. The fraction of sp³-hybridized carbons (Fsp3) is 0.571. The number of hydrogen-bond donors (Lipinski definition) is 1. The summed E-state index contributed by atoms with van der Waals surface area (Å²) in [7, 11) is -3.86. The smallest absolute Gasteiger partial charge is 0.289 e. The van der Waals surface area contributed by atoms with Gasteiger partial charge in [0, 0.05) is 31.2 Å². The lowest BCUT2D eigenvalue weighted by atomic mass is 9.89. The molecular weight excluding hydrogens is 306 g/mol. The number of para-hydroxylation sites is 1. The summed E-state index contributed by atoms with van der Waals surface area (Å²) < 4.78 is 27.4. The molecule has 2 fully saturated rings. The maximum absolute atomic E-state index is 13.0. The van der Waals surface area contributed by atoms with E-state index in [0.717, 1.165) is 25.7 Å². The lowest BCUT2D eigenvalue weighted by Gasteiger charge is -2.43. The fourth-order valence-electron chi connectivity index (χ4n) is 3.47. The summed E-state index contributed by atoms with van der Waals surface area (Å²) in [4.78, 5) is 10.3. The third kappa shape index (κ3) is 2.62. The predicted octanol–water partition coefficient (Wildman–Crippen LogP) is 1.50. The average Bonchev–Trinajstić information content (AvgIpc) is 2.54. The molecule has 1 heterocycles. The summed E-state index contributed by atoms with van der Waals surface area (Å²) in [5.41, 5.74) is -0.353. The Balaban J connectivity index is 2.00. The van der Waals surface area contributed by atoms with Crippen LogP contribution in [-0.4, -0.2) is 42.8 Å². The molecule has 1 saturated carbocycles. The van der Waals surface area contributed by atoms with Crippen LogP contribution in [0.15, 0.2) is 29.2 Å². The van der Waals surface area contributed by atoms with Crippen LogP contribution in [0.1, 0.15) is 25.7 Å². The van der Waals surface area contributed by atoms with Crippen LogP contribution in [0.4, 0.5) is 5.69 Å². The molecule has 2 unspecified atom stereocenters. The molecule has 0 bridgehead atoms. The molecule has 7 nitrogen and oxygen atoms in total. The van der Waals surface area contributed by atoms with Gasteiger partial charge < -0.3 is 5.32 Å². The van der Waals surface area contributed by atoms with Crippen LogP contribution in [0.25, 0.3) is 0 Å². The largest absolute Gasteiger partial charge is 0.311 e. The van der Waals surface area contributed by atoms with Crippen molar-refractivity contribution in [2.45, 2.75) is 42.7 Å². The molecule has 2 aliphatic rings. The summed E-state index contributed by atoms with van der Waals surface area (Å²) in [6, 6.07) is 5.63. The number of nitrogens with one attached hydrogen (secondary N) is 1. The van der Waals surface area contributed by atoms with Crippen LogP contribution in [-0.2, 0) is 10.0 Å². The number of nitro groups is 1. The molecule has 2 atom stereocenters. The summed E-state index contributed by atoms with van der Waals surface area (Å²) >= 11 is 0. The second-order valence-corrected chi connectivity index (χ2v) is 7.61. The first-order valence-corrected chi connectivity index (χ1v) is 8.94. The molecule has 0 aromatic heterocycles. The lowest BCUT2D eigenvalue weighted by Crippen LogP contribution is -2.60. The number of piperazine rings is 1. The highest BCUT2D eigenvalue weighted by atomic mass is 32.2. The molecule has 0 amide bonds. The van der Waals surface area contributed by atoms with Crippen LogP contribution in [0.5, 0.6) is 0 Å². The van der Waals surface area contributed by atoms with Crippen molar-refractivity contribution in [2.75, 3.05) is 13.1 Å². The highest BCUT2D eigenvalue weighted by Crippen LogP contribution is 2.33. The van der Waals surface area contributed by atoms with Crippen molar-refractivity contribution in [3.63, 3.8) is 0 Å². The van der Waals surface area contributed by atoms with E-state index in [0.29, 0.717) is 13.1 Å². The second-order valence-electron chi connectivity index (χ2n) is 5.75. The molecule has 1 saturated heterocycles. The first-order chi connectivity index (χ1) is 10.5. The van der Waals surface area contributed by atoms with E-state index in [1.54, 1.807) is 0 Å². The van der Waals surface area contributed by atoms with Crippen molar-refractivity contribution in [3.8, 4) is 0 Å². The molecule has 1 aromatic rings. The van der Waals surface area contributed by atoms with Crippen molar-refractivity contribution in [1.29, 1.82) is 0 Å². The molecule has 1 N–H and O–H groups in total. The van der Waals surface area contributed by atoms with Gasteiger partial charge in [0.2, 0.25) is 10.0 Å². The van der Waals surface area contributed by atoms with Gasteiger partial charge in [-0.05, 0) is 18.9 Å². The summed E-state index contributed by atoms with van der Waals surface area (Å²) in [6.45, 7) is 0.941. The van der Waals surface area contributed by atoms with Gasteiger partial charge in [-0.1, -0.05) is 25.0 Å². The number of fused-ring (bicyclic) bond motifs is 1. The Bertz CT molecular complexity index is 674. The van der Waals surface area contributed by atoms with Crippen molar-refractivity contribution in [3.05, 3.63) is 34.4 Å². The van der Waals surface area contributed by atoms with E-state index in [9.17, 15) is 18.5 Å². The second kappa shape index (κ2) is 5.94. The van der Waals surface area contributed by atoms with Gasteiger partial charge in [-0.3, -0.25) is 10.1 Å². The zero-order valence-electron chi connectivity index (χ0n) is 12.1. The number of nitro benzene ring substituents is 1. The fourth-order valence-corrected chi connectivity index (χ4v) is 5.32. The molecule has 0 radical (unpaired) electrons. The van der Waals surface area contributed by atoms with Gasteiger partial charge in [0.25, 0.3) is 5.69 Å². The third-order valence-corrected chi connectivity index (χ3v) is 6.46. The minimum absolute atomic E-state index is 0.104. The molecule has 120 valence electrons. The normalized spacial score (nSPS) is 26.4. The maximum atomic E-state index is 13.0. The molecule has 0 spiro atoms. The maximum Gasteiger partial charge on any atom is 0.289 e. The quantitative estimate of drug-likeness (QED) is 0.671. The third-order valence-electron chi connectivity index (χ3n) is 4.49. The van der Waals surface area contributed by atoms with Gasteiger partial charge >= 0.3 is 0 Å². The number of nitrogens with zero attached hydrogens (tertiary/aromatic N) is 2. The van der Waals surface area contributed by atoms with Gasteiger partial charge in [0.15, 0.2) is 4.90 Å². The standard InChI is InChI=1S/C14H19N3O4S/c18-17(19)13-7-3-4-8-14(13)22(20,21)16-10-9-15-11-5-1-2-6-12(11)16/h3-4,7-8,11-12,15H,1-2,5-6,9-10H2. The Morgan fingerprint density at radius 1 is 1.23 bits per heavy atom. The first-order valence-electron chi connectivity index (χ1n) is 7.50. The van der Waals surface area contributed by atoms with E-state index >= 15 is 0 Å². The van der Waals surface area contributed by atoms with Gasteiger partial charge in [-0.15, -0.1) is 0 Å². The monoisotopic (exact) mass is 325 g/mol. The molecule has 1 aliphatic carbocycles. The van der Waals surface area contributed by atoms with E-state index < -0.39 is 14.9 Å². The van der Waals surface area contributed by atoms with Gasteiger partial charge in [-0.25, -0.2) is 8.42 Å². The van der Waals surface area contributed by atoms with E-state index in [4.69, 9.17) is 0 Å². The van der Waals surface area contributed by atoms with Gasteiger partial charge in [0.05, 0.1) is 4.92 Å².